The number of aryl methyl sites for hydroxylation is 2. The van der Waals surface area contributed by atoms with E-state index in [1.807, 2.05) is 0 Å². The molecule has 0 aliphatic carbocycles. The first-order valence-corrected chi connectivity index (χ1v) is 5.83. The first-order chi connectivity index (χ1) is 8.10. The van der Waals surface area contributed by atoms with Gasteiger partial charge in [0.05, 0.1) is 5.69 Å². The van der Waals surface area contributed by atoms with Gasteiger partial charge in [0.25, 0.3) is 0 Å². The van der Waals surface area contributed by atoms with Crippen LogP contribution in [-0.2, 0) is 11.8 Å². The lowest BCUT2D eigenvalue weighted by molar-refractivity contribution is -0.116. The molecule has 0 aliphatic rings. The molecule has 17 heavy (non-hydrogen) atoms. The van der Waals surface area contributed by atoms with Gasteiger partial charge in [0.2, 0.25) is 5.91 Å². The number of anilines is 1. The van der Waals surface area contributed by atoms with E-state index in [1.165, 1.54) is 4.68 Å². The van der Waals surface area contributed by atoms with E-state index in [4.69, 9.17) is 5.26 Å². The van der Waals surface area contributed by atoms with Gasteiger partial charge in [0, 0.05) is 13.5 Å². The molecule has 1 rings (SSSR count). The molecule has 0 saturated carbocycles. The van der Waals surface area contributed by atoms with Crippen molar-refractivity contribution in [2.75, 3.05) is 5.32 Å². The molecule has 0 aliphatic heterocycles. The highest BCUT2D eigenvalue weighted by molar-refractivity contribution is 5.91. The van der Waals surface area contributed by atoms with Crippen molar-refractivity contribution < 1.29 is 4.79 Å². The number of unbranched alkanes of at least 4 members (excludes halogenated alkanes) is 2. The molecular weight excluding hydrogens is 216 g/mol. The number of nitrogens with one attached hydrogen (secondary N) is 1. The van der Waals surface area contributed by atoms with Gasteiger partial charge in [-0.05, 0) is 13.3 Å². The van der Waals surface area contributed by atoms with Gasteiger partial charge >= 0.3 is 0 Å². The zero-order valence-electron chi connectivity index (χ0n) is 10.6. The highest BCUT2D eigenvalue weighted by atomic mass is 16.1. The second-order valence-electron chi connectivity index (χ2n) is 4.05. The molecule has 0 saturated heterocycles. The van der Waals surface area contributed by atoms with Gasteiger partial charge in [-0.1, -0.05) is 19.8 Å². The summed E-state index contributed by atoms with van der Waals surface area (Å²) in [7, 11) is 1.72. The summed E-state index contributed by atoms with van der Waals surface area (Å²) in [6.45, 7) is 3.85. The van der Waals surface area contributed by atoms with Crippen molar-refractivity contribution in [3.05, 3.63) is 11.3 Å². The molecule has 5 heteroatoms. The molecule has 1 aromatic heterocycles. The molecule has 1 aromatic rings. The summed E-state index contributed by atoms with van der Waals surface area (Å²) < 4.78 is 1.53. The van der Waals surface area contributed by atoms with Gasteiger partial charge in [0.1, 0.15) is 17.5 Å². The Bertz CT molecular complexity index is 442. The standard InChI is InChI=1S/C12H18N4O/c1-4-5-6-7-11(17)14-12-10(8-13)9(2)15-16(12)3/h4-7H2,1-3H3,(H,14,17). The van der Waals surface area contributed by atoms with E-state index in [0.717, 1.165) is 19.3 Å². The van der Waals surface area contributed by atoms with Gasteiger partial charge in [-0.3, -0.25) is 9.48 Å². The van der Waals surface area contributed by atoms with E-state index in [1.54, 1.807) is 14.0 Å². The van der Waals surface area contributed by atoms with Crippen LogP contribution in [0.5, 0.6) is 0 Å². The summed E-state index contributed by atoms with van der Waals surface area (Å²) >= 11 is 0. The van der Waals surface area contributed by atoms with Crippen LogP contribution in [0, 0.1) is 18.3 Å². The van der Waals surface area contributed by atoms with Gasteiger partial charge < -0.3 is 5.32 Å². The molecule has 5 nitrogen and oxygen atoms in total. The fraction of sp³-hybridized carbons (Fsp3) is 0.583. The maximum absolute atomic E-state index is 11.7. The minimum atomic E-state index is -0.0575. The number of hydrogen-bond donors (Lipinski definition) is 1. The second-order valence-corrected chi connectivity index (χ2v) is 4.05. The fourth-order valence-electron chi connectivity index (χ4n) is 1.67. The van der Waals surface area contributed by atoms with Crippen LogP contribution in [0.25, 0.3) is 0 Å². The zero-order valence-corrected chi connectivity index (χ0v) is 10.6. The summed E-state index contributed by atoms with van der Waals surface area (Å²) in [6, 6.07) is 2.06. The van der Waals surface area contributed by atoms with Crippen LogP contribution in [0.1, 0.15) is 43.9 Å². The molecule has 0 spiro atoms. The smallest absolute Gasteiger partial charge is 0.225 e. The van der Waals surface area contributed by atoms with Gasteiger partial charge in [-0.25, -0.2) is 0 Å². The minimum absolute atomic E-state index is 0.0575. The van der Waals surface area contributed by atoms with Crippen molar-refractivity contribution in [3.8, 4) is 6.07 Å². The summed E-state index contributed by atoms with van der Waals surface area (Å²) in [5.41, 5.74) is 1.08. The number of aromatic nitrogens is 2. The molecule has 1 N–H and O–H groups in total. The number of nitriles is 1. The number of carbonyl (C=O) groups is 1. The predicted octanol–water partition coefficient (Wildman–Crippen LogP) is 2.12. The SMILES string of the molecule is CCCCCC(=O)Nc1c(C#N)c(C)nn1C. The van der Waals surface area contributed by atoms with Crippen molar-refractivity contribution in [1.29, 1.82) is 5.26 Å². The Labute approximate surface area is 101 Å². The largest absolute Gasteiger partial charge is 0.310 e. The number of rotatable bonds is 5. The molecule has 0 unspecified atom stereocenters. The maximum atomic E-state index is 11.7. The predicted molar refractivity (Wildman–Crippen MR) is 65.4 cm³/mol. The van der Waals surface area contributed by atoms with E-state index >= 15 is 0 Å². The van der Waals surface area contributed by atoms with Crippen molar-refractivity contribution in [1.82, 2.24) is 9.78 Å². The number of hydrogen-bond acceptors (Lipinski definition) is 3. The lowest BCUT2D eigenvalue weighted by Crippen LogP contribution is -2.14. The third-order valence-corrected chi connectivity index (χ3v) is 2.60. The molecule has 0 radical (unpaired) electrons. The number of amides is 1. The van der Waals surface area contributed by atoms with Gasteiger partial charge in [0.15, 0.2) is 0 Å². The van der Waals surface area contributed by atoms with Crippen molar-refractivity contribution in [3.63, 3.8) is 0 Å². The molecule has 1 heterocycles. The van der Waals surface area contributed by atoms with Crippen molar-refractivity contribution in [2.45, 2.75) is 39.5 Å². The first kappa shape index (κ1) is 13.2. The second kappa shape index (κ2) is 6.04. The van der Waals surface area contributed by atoms with Crippen LogP contribution < -0.4 is 5.32 Å². The van der Waals surface area contributed by atoms with E-state index in [-0.39, 0.29) is 5.91 Å². The highest BCUT2D eigenvalue weighted by Crippen LogP contribution is 2.17. The Morgan fingerprint density at radius 1 is 1.53 bits per heavy atom. The van der Waals surface area contributed by atoms with Crippen LogP contribution >= 0.6 is 0 Å². The minimum Gasteiger partial charge on any atom is -0.310 e. The van der Waals surface area contributed by atoms with E-state index in [0.29, 0.717) is 23.5 Å². The Kier molecular flexibility index (Phi) is 4.70. The third kappa shape index (κ3) is 3.31. The molecule has 0 bridgehead atoms. The Hall–Kier alpha value is -1.83. The Morgan fingerprint density at radius 3 is 2.82 bits per heavy atom. The van der Waals surface area contributed by atoms with Gasteiger partial charge in [-0.2, -0.15) is 10.4 Å². The average Bonchev–Trinajstić information content (AvgIpc) is 2.54. The molecule has 92 valence electrons. The summed E-state index contributed by atoms with van der Waals surface area (Å²) in [6.07, 6.45) is 3.49. The maximum Gasteiger partial charge on any atom is 0.225 e. The molecule has 0 atom stereocenters. The highest BCUT2D eigenvalue weighted by Gasteiger charge is 2.14. The zero-order chi connectivity index (χ0) is 12.8. The Balaban J connectivity index is 2.69. The fourth-order valence-corrected chi connectivity index (χ4v) is 1.67. The lowest BCUT2D eigenvalue weighted by atomic mass is 10.2. The molecule has 1 amide bonds. The molecule has 0 aromatic carbocycles. The molecule has 0 fully saturated rings. The monoisotopic (exact) mass is 234 g/mol. The van der Waals surface area contributed by atoms with Crippen LogP contribution in [0.2, 0.25) is 0 Å². The van der Waals surface area contributed by atoms with E-state index in [9.17, 15) is 4.79 Å². The number of carbonyl (C=O) groups excluding carboxylic acids is 1. The quantitative estimate of drug-likeness (QED) is 0.793. The van der Waals surface area contributed by atoms with E-state index in [2.05, 4.69) is 23.4 Å². The number of nitrogens with zero attached hydrogens (tertiary/aromatic N) is 3. The van der Waals surface area contributed by atoms with Crippen molar-refractivity contribution in [2.24, 2.45) is 7.05 Å². The lowest BCUT2D eigenvalue weighted by Gasteiger charge is -2.05. The van der Waals surface area contributed by atoms with Crippen LogP contribution in [0.4, 0.5) is 5.82 Å². The third-order valence-electron chi connectivity index (χ3n) is 2.60. The summed E-state index contributed by atoms with van der Waals surface area (Å²) in [4.78, 5) is 11.7. The van der Waals surface area contributed by atoms with Crippen molar-refractivity contribution >= 4 is 11.7 Å². The summed E-state index contributed by atoms with van der Waals surface area (Å²) in [5.74, 6) is 0.435. The first-order valence-electron chi connectivity index (χ1n) is 5.83. The van der Waals surface area contributed by atoms with Crippen LogP contribution in [0.15, 0.2) is 0 Å². The Morgan fingerprint density at radius 2 is 2.24 bits per heavy atom. The normalized spacial score (nSPS) is 10.0. The van der Waals surface area contributed by atoms with E-state index < -0.39 is 0 Å². The molecular formula is C12H18N4O. The van der Waals surface area contributed by atoms with Crippen LogP contribution in [-0.4, -0.2) is 15.7 Å². The summed E-state index contributed by atoms with van der Waals surface area (Å²) in [5, 5.41) is 15.8. The topological polar surface area (TPSA) is 70.7 Å². The van der Waals surface area contributed by atoms with Gasteiger partial charge in [-0.15, -0.1) is 0 Å². The van der Waals surface area contributed by atoms with Crippen LogP contribution in [0.3, 0.4) is 0 Å². The average molecular weight is 234 g/mol.